The molecule has 0 fully saturated rings. The van der Waals surface area contributed by atoms with Crippen LogP contribution >= 0.6 is 0 Å². The van der Waals surface area contributed by atoms with Crippen molar-refractivity contribution in [3.8, 4) is 0 Å². The number of aromatic nitrogens is 1. The summed E-state index contributed by atoms with van der Waals surface area (Å²) in [4.78, 5) is 30.3. The smallest absolute Gasteiger partial charge is 0.337 e. The molecule has 0 radical (unpaired) electrons. The number of anilines is 1. The van der Waals surface area contributed by atoms with E-state index in [0.29, 0.717) is 5.69 Å². The van der Waals surface area contributed by atoms with Crippen LogP contribution in [0.1, 0.15) is 5.56 Å². The normalized spacial score (nSPS) is 14.4. The fourth-order valence-electron chi connectivity index (χ4n) is 3.00. The molecule has 7 heteroatoms. The number of benzene rings is 1. The summed E-state index contributed by atoms with van der Waals surface area (Å²) in [5, 5.41) is 14.1. The van der Waals surface area contributed by atoms with Crippen LogP contribution in [0.5, 0.6) is 0 Å². The highest BCUT2D eigenvalue weighted by Crippen LogP contribution is 2.29. The Morgan fingerprint density at radius 3 is 2.92 bits per heavy atom. The molecule has 1 aromatic heterocycles. The van der Waals surface area contributed by atoms with Crippen molar-refractivity contribution in [2.45, 2.75) is 6.92 Å². The number of β-amino-alcohol motifs (C(OH)–C–C–N with tert-alkyl or cyclic N) is 1. The van der Waals surface area contributed by atoms with Crippen LogP contribution in [0.3, 0.4) is 0 Å². The van der Waals surface area contributed by atoms with Gasteiger partial charge in [0.1, 0.15) is 5.70 Å². The maximum absolute atomic E-state index is 12.6. The maximum Gasteiger partial charge on any atom is 0.337 e. The number of hydrogen-bond acceptors (Lipinski definition) is 6. The van der Waals surface area contributed by atoms with Gasteiger partial charge in [-0.15, -0.1) is 0 Å². The van der Waals surface area contributed by atoms with Gasteiger partial charge in [0.2, 0.25) is 0 Å². The van der Waals surface area contributed by atoms with Crippen LogP contribution in [-0.2, 0) is 14.3 Å². The summed E-state index contributed by atoms with van der Waals surface area (Å²) < 4.78 is 4.80. The first-order valence-corrected chi connectivity index (χ1v) is 7.88. The molecule has 1 aromatic carbocycles. The van der Waals surface area contributed by atoms with Gasteiger partial charge in [0.15, 0.2) is 0 Å². The van der Waals surface area contributed by atoms with Gasteiger partial charge in [0.05, 0.1) is 25.8 Å². The van der Waals surface area contributed by atoms with E-state index in [1.807, 2.05) is 25.1 Å². The zero-order valence-corrected chi connectivity index (χ0v) is 14.1. The van der Waals surface area contributed by atoms with Gasteiger partial charge >= 0.3 is 5.97 Å². The van der Waals surface area contributed by atoms with Crippen LogP contribution < -0.4 is 5.32 Å². The molecule has 2 N–H and O–H groups in total. The Balaban J connectivity index is 2.05. The molecule has 0 unspecified atom stereocenters. The van der Waals surface area contributed by atoms with Gasteiger partial charge < -0.3 is 20.1 Å². The Hall–Kier alpha value is -2.93. The molecular formula is C18H19N3O4. The summed E-state index contributed by atoms with van der Waals surface area (Å²) in [7, 11) is 1.28. The minimum Gasteiger partial charge on any atom is -0.466 e. The van der Waals surface area contributed by atoms with Crippen molar-refractivity contribution < 1.29 is 19.4 Å². The second-order valence-corrected chi connectivity index (χ2v) is 5.78. The second-order valence-electron chi connectivity index (χ2n) is 5.78. The van der Waals surface area contributed by atoms with Gasteiger partial charge in [-0.3, -0.25) is 9.78 Å². The monoisotopic (exact) mass is 341 g/mol. The lowest BCUT2D eigenvalue weighted by Gasteiger charge is -2.16. The minimum absolute atomic E-state index is 0.111. The molecule has 1 amide bonds. The lowest BCUT2D eigenvalue weighted by Crippen LogP contribution is -2.31. The highest BCUT2D eigenvalue weighted by molar-refractivity contribution is 6.10. The molecule has 0 bridgehead atoms. The number of nitrogens with one attached hydrogen (secondary N) is 1. The number of aliphatic hydroxyl groups excluding tert-OH is 1. The van der Waals surface area contributed by atoms with E-state index in [4.69, 9.17) is 9.84 Å². The molecule has 25 heavy (non-hydrogen) atoms. The SMILES string of the molecule is COC(=O)C1=C(Nc2cccc3cncc(C)c23)C(=O)N(CCO)C1. The summed E-state index contributed by atoms with van der Waals surface area (Å²) in [6.07, 6.45) is 3.50. The van der Waals surface area contributed by atoms with Crippen molar-refractivity contribution in [1.29, 1.82) is 0 Å². The molecule has 7 nitrogen and oxygen atoms in total. The predicted molar refractivity (Wildman–Crippen MR) is 92.8 cm³/mol. The molecule has 2 heterocycles. The summed E-state index contributed by atoms with van der Waals surface area (Å²) in [6, 6.07) is 5.64. The lowest BCUT2D eigenvalue weighted by atomic mass is 10.1. The fourth-order valence-corrected chi connectivity index (χ4v) is 3.00. The second kappa shape index (κ2) is 6.90. The van der Waals surface area contributed by atoms with E-state index in [2.05, 4.69) is 10.3 Å². The number of esters is 1. The summed E-state index contributed by atoms with van der Waals surface area (Å²) >= 11 is 0. The van der Waals surface area contributed by atoms with Crippen molar-refractivity contribution in [2.24, 2.45) is 0 Å². The average Bonchev–Trinajstić information content (AvgIpc) is 2.91. The number of aliphatic hydroxyl groups is 1. The van der Waals surface area contributed by atoms with Gasteiger partial charge in [-0.2, -0.15) is 0 Å². The number of rotatable bonds is 5. The van der Waals surface area contributed by atoms with E-state index in [0.717, 1.165) is 16.3 Å². The topological polar surface area (TPSA) is 91.8 Å². The Kier molecular flexibility index (Phi) is 4.67. The standard InChI is InChI=1S/C18H19N3O4/c1-11-8-19-9-12-4-3-5-14(15(11)12)20-16-13(18(24)25-2)10-21(6-7-22)17(16)23/h3-5,8-9,20,22H,6-7,10H2,1-2H3. The molecule has 0 spiro atoms. The van der Waals surface area contributed by atoms with Crippen LogP contribution in [0.15, 0.2) is 41.9 Å². The van der Waals surface area contributed by atoms with E-state index < -0.39 is 5.97 Å². The molecule has 0 aliphatic carbocycles. The highest BCUT2D eigenvalue weighted by atomic mass is 16.5. The van der Waals surface area contributed by atoms with Crippen molar-refractivity contribution in [2.75, 3.05) is 32.1 Å². The van der Waals surface area contributed by atoms with Crippen LogP contribution in [-0.4, -0.2) is 53.7 Å². The van der Waals surface area contributed by atoms with Gasteiger partial charge in [0.25, 0.3) is 5.91 Å². The quantitative estimate of drug-likeness (QED) is 0.795. The van der Waals surface area contributed by atoms with Gasteiger partial charge in [-0.1, -0.05) is 12.1 Å². The number of hydrogen-bond donors (Lipinski definition) is 2. The van der Waals surface area contributed by atoms with Crippen LogP contribution in [0.25, 0.3) is 10.8 Å². The van der Waals surface area contributed by atoms with Gasteiger partial charge in [0, 0.05) is 35.4 Å². The van der Waals surface area contributed by atoms with Crippen LogP contribution in [0.2, 0.25) is 0 Å². The Labute approximate surface area is 144 Å². The largest absolute Gasteiger partial charge is 0.466 e. The summed E-state index contributed by atoms with van der Waals surface area (Å²) in [6.45, 7) is 2.03. The number of aryl methyl sites for hydroxylation is 1. The number of nitrogens with zero attached hydrogens (tertiary/aromatic N) is 2. The first-order valence-electron chi connectivity index (χ1n) is 7.88. The molecule has 0 atom stereocenters. The molecular weight excluding hydrogens is 322 g/mol. The number of carbonyl (C=O) groups excluding carboxylic acids is 2. The zero-order valence-electron chi connectivity index (χ0n) is 14.1. The average molecular weight is 341 g/mol. The maximum atomic E-state index is 12.6. The molecule has 1 aliphatic rings. The first-order chi connectivity index (χ1) is 12.1. The number of carbonyl (C=O) groups is 2. The molecule has 2 aromatic rings. The molecule has 1 aliphatic heterocycles. The fraction of sp³-hybridized carbons (Fsp3) is 0.278. The highest BCUT2D eigenvalue weighted by Gasteiger charge is 2.34. The molecule has 130 valence electrons. The van der Waals surface area contributed by atoms with Gasteiger partial charge in [-0.25, -0.2) is 4.79 Å². The molecule has 3 rings (SSSR count). The van der Waals surface area contributed by atoms with Crippen molar-refractivity contribution >= 4 is 28.3 Å². The Morgan fingerprint density at radius 1 is 1.40 bits per heavy atom. The Bertz CT molecular complexity index is 871. The third kappa shape index (κ3) is 3.06. The number of fused-ring (bicyclic) bond motifs is 1. The first kappa shape index (κ1) is 16.9. The Morgan fingerprint density at radius 2 is 2.20 bits per heavy atom. The summed E-state index contributed by atoms with van der Waals surface area (Å²) in [5.41, 5.74) is 2.11. The number of pyridine rings is 1. The minimum atomic E-state index is -0.560. The number of ether oxygens (including phenoxy) is 1. The van der Waals surface area contributed by atoms with E-state index in [1.54, 1.807) is 12.4 Å². The van der Waals surface area contributed by atoms with Gasteiger partial charge in [-0.05, 0) is 18.6 Å². The zero-order chi connectivity index (χ0) is 18.0. The third-order valence-electron chi connectivity index (χ3n) is 4.19. The van der Waals surface area contributed by atoms with E-state index >= 15 is 0 Å². The third-order valence-corrected chi connectivity index (χ3v) is 4.19. The number of methoxy groups -OCH3 is 1. The van der Waals surface area contributed by atoms with E-state index in [9.17, 15) is 9.59 Å². The predicted octanol–water partition coefficient (Wildman–Crippen LogP) is 1.22. The summed E-state index contributed by atoms with van der Waals surface area (Å²) in [5.74, 6) is -0.895. The van der Waals surface area contributed by atoms with Crippen LogP contribution in [0.4, 0.5) is 5.69 Å². The molecule has 0 saturated carbocycles. The molecule has 0 saturated heterocycles. The van der Waals surface area contributed by atoms with E-state index in [1.165, 1.54) is 12.0 Å². The van der Waals surface area contributed by atoms with Crippen LogP contribution in [0, 0.1) is 6.92 Å². The van der Waals surface area contributed by atoms with E-state index in [-0.39, 0.29) is 36.9 Å². The van der Waals surface area contributed by atoms with Crippen molar-refractivity contribution in [3.05, 3.63) is 47.4 Å². The van der Waals surface area contributed by atoms with Crippen molar-refractivity contribution in [3.63, 3.8) is 0 Å². The lowest BCUT2D eigenvalue weighted by molar-refractivity contribution is -0.136. The number of amides is 1. The van der Waals surface area contributed by atoms with Crippen molar-refractivity contribution in [1.82, 2.24) is 9.88 Å².